The summed E-state index contributed by atoms with van der Waals surface area (Å²) >= 11 is 0. The number of carboxylic acid groups (broad SMARTS) is 1. The van der Waals surface area contributed by atoms with E-state index in [2.05, 4.69) is 5.32 Å². The lowest BCUT2D eigenvalue weighted by Gasteiger charge is -2.35. The number of Topliss-reactive ketones (excluding diaryl/α,β-unsaturated/α-hetero) is 2. The predicted molar refractivity (Wildman–Crippen MR) is 172 cm³/mol. The van der Waals surface area contributed by atoms with E-state index in [1.165, 1.54) is 12.1 Å². The van der Waals surface area contributed by atoms with E-state index in [1.54, 1.807) is 24.0 Å². The van der Waals surface area contributed by atoms with Crippen molar-refractivity contribution in [1.82, 2.24) is 15.1 Å². The van der Waals surface area contributed by atoms with Crippen LogP contribution in [-0.4, -0.2) is 115 Å². The van der Waals surface area contributed by atoms with Crippen LogP contribution in [0, 0.1) is 23.6 Å². The Morgan fingerprint density at radius 3 is 2.39 bits per heavy atom. The summed E-state index contributed by atoms with van der Waals surface area (Å²) in [6.07, 6.45) is 3.78. The summed E-state index contributed by atoms with van der Waals surface area (Å²) in [5.74, 6) is -4.10. The Labute approximate surface area is 270 Å². The van der Waals surface area contributed by atoms with Crippen LogP contribution < -0.4 is 10.2 Å². The smallest absolute Gasteiger partial charge is 0.410 e. The van der Waals surface area contributed by atoms with Crippen molar-refractivity contribution in [1.29, 1.82) is 0 Å². The summed E-state index contributed by atoms with van der Waals surface area (Å²) in [4.78, 5) is 56.2. The Hall–Kier alpha value is -3.61. The van der Waals surface area contributed by atoms with E-state index in [4.69, 9.17) is 9.84 Å². The molecule has 3 aliphatic rings. The summed E-state index contributed by atoms with van der Waals surface area (Å²) in [7, 11) is 0. The Kier molecular flexibility index (Phi) is 12.5. The molecule has 5 atom stereocenters. The van der Waals surface area contributed by atoms with E-state index >= 15 is 0 Å². The minimum absolute atomic E-state index is 0.0414. The van der Waals surface area contributed by atoms with Gasteiger partial charge in [-0.3, -0.25) is 19.3 Å². The van der Waals surface area contributed by atoms with Gasteiger partial charge in [-0.25, -0.2) is 9.18 Å². The number of carboxylic acids is 1. The molecule has 2 aliphatic heterocycles. The average Bonchev–Trinajstić information content (AvgIpc) is 3.01. The van der Waals surface area contributed by atoms with Crippen molar-refractivity contribution in [3.8, 4) is 0 Å². The molecule has 11 nitrogen and oxygen atoms in total. The standard InChI is InChI=1S/C34H47FN4O7/c1-22-4-6-28(40)20-29(41)33(44)32(23(2)5-7-30(22)46-34(45)39-10-8-36-9-11-39)24(3)16-25-17-26(35)19-27(18-25)38-14-12-37(13-15-38)21-31(42)43/h5,7,16-19,22-23,28,30,32,36,40H,4,6,8-15,20-21H2,1-3H3,(H,42,43)/b7-5+,24-16+/t22-,23-,28+,30-,32-/m0/s1. The van der Waals surface area contributed by atoms with Crippen LogP contribution in [0.15, 0.2) is 35.9 Å². The molecule has 0 unspecified atom stereocenters. The number of amides is 1. The summed E-state index contributed by atoms with van der Waals surface area (Å²) in [6.45, 7) is 10.1. The fourth-order valence-corrected chi connectivity index (χ4v) is 6.42. The number of ketones is 2. The van der Waals surface area contributed by atoms with E-state index in [1.807, 2.05) is 35.8 Å². The number of hydrogen-bond donors (Lipinski definition) is 3. The van der Waals surface area contributed by atoms with Gasteiger partial charge in [0.05, 0.1) is 18.6 Å². The highest BCUT2D eigenvalue weighted by Crippen LogP contribution is 2.30. The summed E-state index contributed by atoms with van der Waals surface area (Å²) in [5, 5.41) is 22.9. The van der Waals surface area contributed by atoms with Gasteiger partial charge in [0.2, 0.25) is 11.6 Å². The van der Waals surface area contributed by atoms with Crippen LogP contribution in [0.5, 0.6) is 0 Å². The van der Waals surface area contributed by atoms with E-state index < -0.39 is 53.5 Å². The first kappa shape index (κ1) is 35.2. The maximum absolute atomic E-state index is 14.8. The highest BCUT2D eigenvalue weighted by atomic mass is 19.1. The molecule has 2 saturated heterocycles. The molecule has 0 saturated carbocycles. The zero-order chi connectivity index (χ0) is 33.4. The largest absolute Gasteiger partial charge is 0.480 e. The second-order valence-corrected chi connectivity index (χ2v) is 12.8. The molecule has 3 N–H and O–H groups in total. The number of allylic oxidation sites excluding steroid dienone is 2. The Bertz CT molecular complexity index is 1320. The van der Waals surface area contributed by atoms with Crippen molar-refractivity contribution >= 4 is 35.4 Å². The third-order valence-electron chi connectivity index (χ3n) is 9.12. The summed E-state index contributed by atoms with van der Waals surface area (Å²) in [5.41, 5.74) is 1.74. The van der Waals surface area contributed by atoms with Gasteiger partial charge in [0.15, 0.2) is 0 Å². The van der Waals surface area contributed by atoms with Crippen LogP contribution in [0.1, 0.15) is 45.6 Å². The number of aliphatic carboxylic acids is 1. The number of ether oxygens (including phenoxy) is 1. The lowest BCUT2D eigenvalue weighted by molar-refractivity contribution is -0.140. The fraction of sp³-hybridized carbons (Fsp3) is 0.588. The van der Waals surface area contributed by atoms with E-state index in [9.17, 15) is 28.7 Å². The van der Waals surface area contributed by atoms with Crippen molar-refractivity contribution in [2.45, 2.75) is 52.2 Å². The molecule has 46 heavy (non-hydrogen) atoms. The second kappa shape index (κ2) is 16.3. The zero-order valence-corrected chi connectivity index (χ0v) is 27.0. The van der Waals surface area contributed by atoms with Crippen molar-refractivity contribution < 1.29 is 38.5 Å². The average molecular weight is 643 g/mol. The molecule has 4 rings (SSSR count). The molecule has 1 aromatic rings. The molecule has 252 valence electrons. The number of anilines is 1. The normalized spacial score (nSPS) is 28.3. The van der Waals surface area contributed by atoms with Crippen LogP contribution in [0.3, 0.4) is 0 Å². The maximum Gasteiger partial charge on any atom is 0.410 e. The number of carbonyl (C=O) groups excluding carboxylic acids is 3. The van der Waals surface area contributed by atoms with Gasteiger partial charge in [-0.1, -0.05) is 31.6 Å². The van der Waals surface area contributed by atoms with Gasteiger partial charge in [-0.05, 0) is 61.4 Å². The molecule has 2 heterocycles. The number of nitrogens with one attached hydrogen (secondary N) is 1. The van der Waals surface area contributed by atoms with E-state index in [0.29, 0.717) is 75.6 Å². The van der Waals surface area contributed by atoms with Crippen molar-refractivity contribution in [3.05, 3.63) is 47.3 Å². The number of nitrogens with zero attached hydrogens (tertiary/aromatic N) is 3. The number of aliphatic hydroxyl groups is 1. The molecular formula is C34H47FN4O7. The molecule has 12 heteroatoms. The third kappa shape index (κ3) is 9.70. The first-order valence-corrected chi connectivity index (χ1v) is 16.2. The van der Waals surface area contributed by atoms with Crippen molar-refractivity contribution in [2.75, 3.05) is 63.8 Å². The summed E-state index contributed by atoms with van der Waals surface area (Å²) < 4.78 is 20.8. The maximum atomic E-state index is 14.8. The molecule has 1 amide bonds. The van der Waals surface area contributed by atoms with Gasteiger partial charge in [-0.15, -0.1) is 0 Å². The van der Waals surface area contributed by atoms with Gasteiger partial charge < -0.3 is 30.1 Å². The molecule has 0 bridgehead atoms. The third-order valence-corrected chi connectivity index (χ3v) is 9.12. The van der Waals surface area contributed by atoms with E-state index in [-0.39, 0.29) is 25.3 Å². The molecular weight excluding hydrogens is 595 g/mol. The molecule has 0 radical (unpaired) electrons. The SMILES string of the molecule is C/C(=C\c1cc(F)cc(N2CCN(CC(=O)O)CC2)c1)[C@H]1C(=O)C(=O)C[C@H](O)CC[C@H](C)[C@@H](OC(=O)N2CCNCC2)/C=C/[C@@H]1C. The molecule has 2 fully saturated rings. The van der Waals surface area contributed by atoms with Crippen LogP contribution >= 0.6 is 0 Å². The lowest BCUT2D eigenvalue weighted by Crippen LogP contribution is -2.48. The van der Waals surface area contributed by atoms with Gasteiger partial charge >= 0.3 is 12.1 Å². The summed E-state index contributed by atoms with van der Waals surface area (Å²) in [6, 6.07) is 4.62. The topological polar surface area (TPSA) is 140 Å². The minimum Gasteiger partial charge on any atom is -0.480 e. The number of halogens is 1. The van der Waals surface area contributed by atoms with Crippen molar-refractivity contribution in [2.24, 2.45) is 17.8 Å². The van der Waals surface area contributed by atoms with Crippen LogP contribution in [0.4, 0.5) is 14.9 Å². The highest BCUT2D eigenvalue weighted by Gasteiger charge is 2.33. The number of rotatable bonds is 6. The van der Waals surface area contributed by atoms with Crippen LogP contribution in [0.2, 0.25) is 0 Å². The Balaban J connectivity index is 1.58. The van der Waals surface area contributed by atoms with Crippen LogP contribution in [0.25, 0.3) is 6.08 Å². The van der Waals surface area contributed by atoms with Gasteiger partial charge in [0, 0.05) is 64.5 Å². The minimum atomic E-state index is -1.01. The fourth-order valence-electron chi connectivity index (χ4n) is 6.42. The Morgan fingerprint density at radius 2 is 1.72 bits per heavy atom. The monoisotopic (exact) mass is 642 g/mol. The number of carbonyl (C=O) groups is 4. The van der Waals surface area contributed by atoms with Crippen LogP contribution in [-0.2, 0) is 19.1 Å². The number of hydrogen-bond acceptors (Lipinski definition) is 9. The zero-order valence-electron chi connectivity index (χ0n) is 27.0. The number of piperazine rings is 2. The highest BCUT2D eigenvalue weighted by molar-refractivity contribution is 6.38. The second-order valence-electron chi connectivity index (χ2n) is 12.8. The predicted octanol–water partition coefficient (Wildman–Crippen LogP) is 2.97. The first-order valence-electron chi connectivity index (χ1n) is 16.2. The molecule has 1 aromatic carbocycles. The quantitative estimate of drug-likeness (QED) is 0.314. The number of benzene rings is 1. The molecule has 0 aromatic heterocycles. The molecule has 1 aliphatic carbocycles. The van der Waals surface area contributed by atoms with Gasteiger partial charge in [0.1, 0.15) is 11.9 Å². The van der Waals surface area contributed by atoms with Crippen molar-refractivity contribution in [3.63, 3.8) is 0 Å². The molecule has 0 spiro atoms. The number of aliphatic hydroxyl groups excluding tert-OH is 1. The van der Waals surface area contributed by atoms with Gasteiger partial charge in [-0.2, -0.15) is 0 Å². The van der Waals surface area contributed by atoms with Gasteiger partial charge in [0.25, 0.3) is 0 Å². The Morgan fingerprint density at radius 1 is 1.02 bits per heavy atom. The first-order chi connectivity index (χ1) is 21.9. The van der Waals surface area contributed by atoms with E-state index in [0.717, 1.165) is 0 Å². The lowest BCUT2D eigenvalue weighted by atomic mass is 9.80.